The molecule has 0 fully saturated rings. The smallest absolute Gasteiger partial charge is 0.264 e. The molecule has 0 spiro atoms. The number of carbonyl (C=O) groups is 1. The summed E-state index contributed by atoms with van der Waals surface area (Å²) in [4.78, 5) is 11.2. The average Bonchev–Trinajstić information content (AvgIpc) is 2.03. The topological polar surface area (TPSA) is 52.9 Å². The summed E-state index contributed by atoms with van der Waals surface area (Å²) in [5, 5.41) is 10.7. The molecule has 0 bridgehead atoms. The van der Waals surface area contributed by atoms with Gasteiger partial charge in [-0.25, -0.2) is 0 Å². The molecule has 0 atom stereocenters. The van der Waals surface area contributed by atoms with Crippen molar-refractivity contribution in [2.24, 2.45) is 0 Å². The van der Waals surface area contributed by atoms with Gasteiger partial charge in [0.25, 0.3) is 5.91 Å². The van der Waals surface area contributed by atoms with Crippen LogP contribution in [-0.4, -0.2) is 5.91 Å². The largest absolute Gasteiger partial charge is 0.268 e. The van der Waals surface area contributed by atoms with E-state index in [2.05, 4.69) is 0 Å². The number of halogens is 1. The monoisotopic (exact) mass is 194 g/mol. The Hall–Kier alpha value is -1.53. The average molecular weight is 195 g/mol. The van der Waals surface area contributed by atoms with Gasteiger partial charge in [-0.3, -0.25) is 10.1 Å². The van der Waals surface area contributed by atoms with Crippen molar-refractivity contribution in [1.82, 2.24) is 5.32 Å². The van der Waals surface area contributed by atoms with Crippen LogP contribution in [0.15, 0.2) is 18.2 Å². The van der Waals surface area contributed by atoms with Gasteiger partial charge in [0, 0.05) is 10.6 Å². The van der Waals surface area contributed by atoms with Crippen LogP contribution in [-0.2, 0) is 0 Å². The van der Waals surface area contributed by atoms with Crippen LogP contribution in [0.2, 0.25) is 5.02 Å². The van der Waals surface area contributed by atoms with E-state index in [1.807, 2.05) is 12.2 Å². The van der Waals surface area contributed by atoms with Crippen molar-refractivity contribution in [1.29, 1.82) is 5.26 Å². The summed E-state index contributed by atoms with van der Waals surface area (Å²) in [6.45, 7) is 1.83. The molecule has 0 unspecified atom stereocenters. The number of hydrogen-bond acceptors (Lipinski definition) is 2. The number of rotatable bonds is 1. The summed E-state index contributed by atoms with van der Waals surface area (Å²) in [5.41, 5.74) is 1.28. The Bertz CT molecular complexity index is 361. The fourth-order valence-corrected chi connectivity index (χ4v) is 1.28. The van der Waals surface area contributed by atoms with Gasteiger partial charge in [-0.2, -0.15) is 5.26 Å². The zero-order valence-electron chi connectivity index (χ0n) is 6.97. The SMILES string of the molecule is Cc1cc(Cl)cc(C(=O)NC#N)c1. The zero-order chi connectivity index (χ0) is 9.84. The molecule has 13 heavy (non-hydrogen) atoms. The highest BCUT2D eigenvalue weighted by Gasteiger charge is 2.05. The molecule has 1 aromatic carbocycles. The van der Waals surface area contributed by atoms with E-state index < -0.39 is 5.91 Å². The lowest BCUT2D eigenvalue weighted by atomic mass is 10.1. The number of amides is 1. The number of aryl methyl sites for hydroxylation is 1. The first-order valence-corrected chi connectivity index (χ1v) is 3.98. The van der Waals surface area contributed by atoms with Crippen LogP contribution in [0.3, 0.4) is 0 Å². The highest BCUT2D eigenvalue weighted by atomic mass is 35.5. The van der Waals surface area contributed by atoms with Crippen LogP contribution in [0.5, 0.6) is 0 Å². The second-order valence-corrected chi connectivity index (χ2v) is 3.02. The summed E-state index contributed by atoms with van der Waals surface area (Å²) in [6.07, 6.45) is 1.56. The van der Waals surface area contributed by atoms with Crippen molar-refractivity contribution in [2.75, 3.05) is 0 Å². The molecule has 66 valence electrons. The number of nitriles is 1. The summed E-state index contributed by atoms with van der Waals surface area (Å²) < 4.78 is 0. The third-order valence-corrected chi connectivity index (χ3v) is 1.69. The van der Waals surface area contributed by atoms with E-state index >= 15 is 0 Å². The van der Waals surface area contributed by atoms with E-state index in [1.54, 1.807) is 18.3 Å². The fraction of sp³-hybridized carbons (Fsp3) is 0.111. The maximum absolute atomic E-state index is 11.2. The molecule has 1 N–H and O–H groups in total. The Balaban J connectivity index is 3.02. The van der Waals surface area contributed by atoms with E-state index in [9.17, 15) is 4.79 Å². The van der Waals surface area contributed by atoms with E-state index in [1.165, 1.54) is 6.07 Å². The first-order chi connectivity index (χ1) is 6.13. The molecule has 1 rings (SSSR count). The Morgan fingerprint density at radius 2 is 2.23 bits per heavy atom. The lowest BCUT2D eigenvalue weighted by Crippen LogP contribution is -2.17. The minimum absolute atomic E-state index is 0.395. The predicted octanol–water partition coefficient (Wildman–Crippen LogP) is 1.86. The molecule has 0 heterocycles. The molecular formula is C9H7ClN2O. The number of benzene rings is 1. The van der Waals surface area contributed by atoms with Crippen LogP contribution in [0, 0.1) is 18.4 Å². The lowest BCUT2D eigenvalue weighted by Gasteiger charge is -2.00. The Morgan fingerprint density at radius 1 is 1.54 bits per heavy atom. The van der Waals surface area contributed by atoms with Gasteiger partial charge in [0.05, 0.1) is 0 Å². The van der Waals surface area contributed by atoms with Crippen LogP contribution >= 0.6 is 11.6 Å². The zero-order valence-corrected chi connectivity index (χ0v) is 7.72. The quantitative estimate of drug-likeness (QED) is 0.548. The minimum Gasteiger partial charge on any atom is -0.268 e. The third kappa shape index (κ3) is 2.46. The highest BCUT2D eigenvalue weighted by Crippen LogP contribution is 2.14. The molecule has 0 aromatic heterocycles. The van der Waals surface area contributed by atoms with E-state index in [0.717, 1.165) is 5.56 Å². The summed E-state index contributed by atoms with van der Waals surface area (Å²) in [7, 11) is 0. The number of nitrogens with zero attached hydrogens (tertiary/aromatic N) is 1. The molecule has 0 saturated carbocycles. The molecule has 4 heteroatoms. The van der Waals surface area contributed by atoms with E-state index in [4.69, 9.17) is 16.9 Å². The fourth-order valence-electron chi connectivity index (χ4n) is 0.990. The van der Waals surface area contributed by atoms with Crippen molar-refractivity contribution in [3.05, 3.63) is 34.3 Å². The molecule has 0 aliphatic rings. The molecule has 1 aromatic rings. The van der Waals surface area contributed by atoms with Crippen LogP contribution in [0.25, 0.3) is 0 Å². The first kappa shape index (κ1) is 9.56. The Morgan fingerprint density at radius 3 is 2.77 bits per heavy atom. The molecular weight excluding hydrogens is 188 g/mol. The molecule has 1 amide bonds. The summed E-state index contributed by atoms with van der Waals surface area (Å²) >= 11 is 5.73. The summed E-state index contributed by atoms with van der Waals surface area (Å²) in [6, 6.07) is 4.92. The van der Waals surface area contributed by atoms with Crippen molar-refractivity contribution in [3.8, 4) is 6.19 Å². The first-order valence-electron chi connectivity index (χ1n) is 3.60. The van der Waals surface area contributed by atoms with Crippen LogP contribution in [0.1, 0.15) is 15.9 Å². The number of hydrogen-bond donors (Lipinski definition) is 1. The van der Waals surface area contributed by atoms with Gasteiger partial charge >= 0.3 is 0 Å². The molecule has 3 nitrogen and oxygen atoms in total. The van der Waals surface area contributed by atoms with Gasteiger partial charge in [-0.15, -0.1) is 0 Å². The van der Waals surface area contributed by atoms with Gasteiger partial charge in [-0.05, 0) is 30.7 Å². The number of carbonyl (C=O) groups excluding carboxylic acids is 1. The van der Waals surface area contributed by atoms with Gasteiger partial charge in [0.1, 0.15) is 0 Å². The molecule has 0 saturated heterocycles. The van der Waals surface area contributed by atoms with E-state index in [-0.39, 0.29) is 0 Å². The third-order valence-electron chi connectivity index (χ3n) is 1.47. The van der Waals surface area contributed by atoms with Crippen LogP contribution < -0.4 is 5.32 Å². The van der Waals surface area contributed by atoms with Gasteiger partial charge in [-0.1, -0.05) is 11.6 Å². The Kier molecular flexibility index (Phi) is 2.88. The van der Waals surface area contributed by atoms with Crippen molar-refractivity contribution < 1.29 is 4.79 Å². The van der Waals surface area contributed by atoms with Gasteiger partial charge in [0.2, 0.25) is 0 Å². The maximum Gasteiger partial charge on any atom is 0.264 e. The van der Waals surface area contributed by atoms with Crippen molar-refractivity contribution in [3.63, 3.8) is 0 Å². The molecule has 0 radical (unpaired) electrons. The van der Waals surface area contributed by atoms with Crippen molar-refractivity contribution >= 4 is 17.5 Å². The second kappa shape index (κ2) is 3.92. The standard InChI is InChI=1S/C9H7ClN2O/c1-6-2-7(4-8(10)3-6)9(13)12-5-11/h2-4H,1H3,(H,12,13). The van der Waals surface area contributed by atoms with Crippen LogP contribution in [0.4, 0.5) is 0 Å². The summed E-state index contributed by atoms with van der Waals surface area (Å²) in [5.74, 6) is -0.437. The molecule has 0 aliphatic heterocycles. The van der Waals surface area contributed by atoms with E-state index in [0.29, 0.717) is 10.6 Å². The van der Waals surface area contributed by atoms with Gasteiger partial charge < -0.3 is 0 Å². The lowest BCUT2D eigenvalue weighted by molar-refractivity contribution is 0.0973. The predicted molar refractivity (Wildman–Crippen MR) is 49.3 cm³/mol. The maximum atomic E-state index is 11.2. The second-order valence-electron chi connectivity index (χ2n) is 2.58. The minimum atomic E-state index is -0.437. The number of nitrogens with one attached hydrogen (secondary N) is 1. The normalized spacial score (nSPS) is 9.00. The Labute approximate surface area is 80.9 Å². The van der Waals surface area contributed by atoms with Crippen molar-refractivity contribution in [2.45, 2.75) is 6.92 Å². The highest BCUT2D eigenvalue weighted by molar-refractivity contribution is 6.31. The molecule has 0 aliphatic carbocycles. The van der Waals surface area contributed by atoms with Gasteiger partial charge in [0.15, 0.2) is 6.19 Å².